The molecule has 0 bridgehead atoms. The molecular formula is C31H34F4N2O3S. The van der Waals surface area contributed by atoms with E-state index in [0.717, 1.165) is 22.6 Å². The summed E-state index contributed by atoms with van der Waals surface area (Å²) in [6.07, 6.45) is -3.33. The van der Waals surface area contributed by atoms with Gasteiger partial charge in [0, 0.05) is 41.0 Å². The van der Waals surface area contributed by atoms with Gasteiger partial charge in [0.2, 0.25) is 0 Å². The minimum atomic E-state index is -4.47. The number of halogens is 4. The summed E-state index contributed by atoms with van der Waals surface area (Å²) in [4.78, 5) is 13.5. The molecular weight excluding hydrogens is 556 g/mol. The third kappa shape index (κ3) is 8.42. The van der Waals surface area contributed by atoms with E-state index in [1.54, 1.807) is 23.1 Å². The van der Waals surface area contributed by atoms with Crippen molar-refractivity contribution in [2.24, 2.45) is 0 Å². The number of hydrogen-bond acceptors (Lipinski definition) is 5. The maximum Gasteiger partial charge on any atom is 0.416 e. The summed E-state index contributed by atoms with van der Waals surface area (Å²) in [5.41, 5.74) is 2.37. The molecule has 0 aromatic heterocycles. The van der Waals surface area contributed by atoms with Crippen molar-refractivity contribution >= 4 is 29.1 Å². The van der Waals surface area contributed by atoms with Crippen molar-refractivity contribution in [2.75, 3.05) is 29.6 Å². The van der Waals surface area contributed by atoms with Crippen LogP contribution in [0.15, 0.2) is 77.8 Å². The van der Waals surface area contributed by atoms with Gasteiger partial charge in [-0.15, -0.1) is 11.8 Å². The fraction of sp³-hybridized carbons (Fsp3) is 0.323. The first-order valence-electron chi connectivity index (χ1n) is 13.3. The van der Waals surface area contributed by atoms with Gasteiger partial charge in [-0.05, 0) is 66.1 Å². The zero-order valence-electron chi connectivity index (χ0n) is 23.2. The van der Waals surface area contributed by atoms with Gasteiger partial charge >= 0.3 is 12.1 Å². The molecule has 1 heterocycles. The number of thioether (sulfide) groups is 1. The van der Waals surface area contributed by atoms with Gasteiger partial charge in [-0.2, -0.15) is 13.2 Å². The Kier molecular flexibility index (Phi) is 11.1. The van der Waals surface area contributed by atoms with Crippen molar-refractivity contribution in [3.05, 3.63) is 95.4 Å². The number of carbonyl (C=O) groups is 1. The van der Waals surface area contributed by atoms with Crippen LogP contribution >= 0.6 is 11.8 Å². The Labute approximate surface area is 242 Å². The lowest BCUT2D eigenvalue weighted by atomic mass is 10.0. The Bertz CT molecular complexity index is 1350. The van der Waals surface area contributed by atoms with Crippen LogP contribution in [0.1, 0.15) is 49.4 Å². The molecule has 10 heteroatoms. The topological polar surface area (TPSA) is 61.8 Å². The van der Waals surface area contributed by atoms with Crippen molar-refractivity contribution in [1.82, 2.24) is 0 Å². The van der Waals surface area contributed by atoms with Gasteiger partial charge in [-0.3, -0.25) is 4.79 Å². The predicted molar refractivity (Wildman–Crippen MR) is 156 cm³/mol. The Morgan fingerprint density at radius 1 is 1.12 bits per heavy atom. The summed E-state index contributed by atoms with van der Waals surface area (Å²) in [6.45, 7) is 8.72. The average Bonchev–Trinajstić information content (AvgIpc) is 3.38. The van der Waals surface area contributed by atoms with Crippen LogP contribution in [0.2, 0.25) is 0 Å². The van der Waals surface area contributed by atoms with E-state index in [-0.39, 0.29) is 6.42 Å². The van der Waals surface area contributed by atoms with Gasteiger partial charge in [0.05, 0.1) is 18.7 Å². The number of benzene rings is 3. The van der Waals surface area contributed by atoms with Crippen LogP contribution in [0.4, 0.5) is 28.9 Å². The van der Waals surface area contributed by atoms with Crippen molar-refractivity contribution in [3.8, 4) is 5.75 Å². The number of fused-ring (bicyclic) bond motifs is 1. The zero-order chi connectivity index (χ0) is 30.2. The fourth-order valence-electron chi connectivity index (χ4n) is 4.46. The lowest BCUT2D eigenvalue weighted by Gasteiger charge is -2.31. The molecule has 0 saturated heterocycles. The molecule has 1 unspecified atom stereocenters. The van der Waals surface area contributed by atoms with E-state index >= 15 is 0 Å². The van der Waals surface area contributed by atoms with Crippen LogP contribution in [0.5, 0.6) is 5.75 Å². The van der Waals surface area contributed by atoms with Crippen LogP contribution in [0.3, 0.4) is 0 Å². The molecule has 1 atom stereocenters. The first-order valence-corrected chi connectivity index (χ1v) is 14.3. The summed E-state index contributed by atoms with van der Waals surface area (Å²) in [6, 6.07) is 14.5. The number of methoxy groups -OCH3 is 1. The number of anilines is 2. The predicted octanol–water partition coefficient (Wildman–Crippen LogP) is 8.57. The van der Waals surface area contributed by atoms with Crippen LogP contribution in [-0.2, 0) is 17.4 Å². The van der Waals surface area contributed by atoms with Gasteiger partial charge in [0.25, 0.3) is 0 Å². The highest BCUT2D eigenvalue weighted by Gasteiger charge is 2.34. The van der Waals surface area contributed by atoms with Gasteiger partial charge in [-0.25, -0.2) is 4.39 Å². The van der Waals surface area contributed by atoms with Crippen molar-refractivity contribution in [1.29, 1.82) is 0 Å². The molecule has 0 amide bonds. The third-order valence-corrected chi connectivity index (χ3v) is 7.48. The molecule has 0 fully saturated rings. The molecule has 5 nitrogen and oxygen atoms in total. The lowest BCUT2D eigenvalue weighted by Crippen LogP contribution is -2.28. The van der Waals surface area contributed by atoms with E-state index in [4.69, 9.17) is 9.84 Å². The van der Waals surface area contributed by atoms with Gasteiger partial charge < -0.3 is 20.1 Å². The second-order valence-electron chi connectivity index (χ2n) is 9.11. The number of rotatable bonds is 11. The molecule has 0 spiro atoms. The fourth-order valence-corrected chi connectivity index (χ4v) is 5.39. The van der Waals surface area contributed by atoms with Crippen LogP contribution < -0.4 is 15.0 Å². The van der Waals surface area contributed by atoms with Gasteiger partial charge in [-0.1, -0.05) is 38.6 Å². The number of carboxylic acids is 1. The van der Waals surface area contributed by atoms with E-state index in [0.29, 0.717) is 53.5 Å². The number of ether oxygens (including phenoxy) is 1. The molecule has 3 aromatic carbocycles. The normalized spacial score (nSPS) is 13.1. The minimum Gasteiger partial charge on any atom is -0.497 e. The van der Waals surface area contributed by atoms with E-state index in [9.17, 15) is 22.4 Å². The summed E-state index contributed by atoms with van der Waals surface area (Å²) in [5.74, 6) is -0.0921. The highest BCUT2D eigenvalue weighted by molar-refractivity contribution is 7.99. The van der Waals surface area contributed by atoms with Gasteiger partial charge in [0.15, 0.2) is 0 Å². The molecule has 220 valence electrons. The Morgan fingerprint density at radius 3 is 2.46 bits per heavy atom. The first kappa shape index (κ1) is 31.9. The third-order valence-electron chi connectivity index (χ3n) is 6.42. The summed E-state index contributed by atoms with van der Waals surface area (Å²) >= 11 is 1.49. The molecule has 0 radical (unpaired) electrons. The minimum absolute atomic E-state index is 0.0713. The maximum atomic E-state index is 13.8. The van der Waals surface area contributed by atoms with Crippen molar-refractivity contribution in [2.45, 2.75) is 50.2 Å². The highest BCUT2D eigenvalue weighted by Crippen LogP contribution is 2.41. The number of hydrogen-bond donors (Lipinski definition) is 2. The quantitative estimate of drug-likeness (QED) is 0.133. The molecule has 0 aliphatic carbocycles. The number of nitrogens with one attached hydrogen (secondary N) is 1. The monoisotopic (exact) mass is 590 g/mol. The zero-order valence-corrected chi connectivity index (χ0v) is 24.0. The molecule has 1 aliphatic heterocycles. The van der Waals surface area contributed by atoms with E-state index < -0.39 is 29.6 Å². The number of carboxylic acid groups (broad SMARTS) is 1. The largest absolute Gasteiger partial charge is 0.497 e. The van der Waals surface area contributed by atoms with Crippen LogP contribution in [0.25, 0.3) is 0 Å². The standard InChI is InChI=1S/C29H28F4N2O3S.C2H6/c1-18(35-12-11-19-5-8-21(14-26(19)35)29(31,32)33)28(20-6-9-22(30)10-7-20)34-23-15-24(38-2)17-25(16-23)39-13-3-4-27(36)37;1-2/h5-10,14-17,28,34H,1,3-4,11-13H2,2H3,(H,36,37);1-2H3. The van der Waals surface area contributed by atoms with Crippen molar-refractivity contribution < 1.29 is 32.2 Å². The van der Waals surface area contributed by atoms with Crippen molar-refractivity contribution in [3.63, 3.8) is 0 Å². The smallest absolute Gasteiger partial charge is 0.416 e. The molecule has 1 aliphatic rings. The van der Waals surface area contributed by atoms with E-state index in [1.807, 2.05) is 26.0 Å². The number of nitrogens with zero attached hydrogens (tertiary/aromatic N) is 1. The Morgan fingerprint density at radius 2 is 1.83 bits per heavy atom. The summed E-state index contributed by atoms with van der Waals surface area (Å²) in [5, 5.41) is 12.3. The number of alkyl halides is 3. The molecule has 41 heavy (non-hydrogen) atoms. The Hall–Kier alpha value is -3.66. The second-order valence-corrected chi connectivity index (χ2v) is 10.3. The lowest BCUT2D eigenvalue weighted by molar-refractivity contribution is -0.138. The second kappa shape index (κ2) is 14.3. The average molecular weight is 591 g/mol. The van der Waals surface area contributed by atoms with E-state index in [2.05, 4.69) is 11.9 Å². The highest BCUT2D eigenvalue weighted by atomic mass is 32.2. The molecule has 2 N–H and O–H groups in total. The number of aliphatic carboxylic acids is 1. The summed E-state index contributed by atoms with van der Waals surface area (Å²) < 4.78 is 59.6. The van der Waals surface area contributed by atoms with E-state index in [1.165, 1.54) is 37.1 Å². The SMILES string of the molecule is C=C(C(Nc1cc(OC)cc(SCCCC(=O)O)c1)c1ccc(F)cc1)N1CCc2ccc(C(F)(F)F)cc21.CC. The molecule has 4 rings (SSSR count). The first-order chi connectivity index (χ1) is 19.5. The Balaban J connectivity index is 0.00000226. The van der Waals surface area contributed by atoms with Gasteiger partial charge in [0.1, 0.15) is 11.6 Å². The molecule has 3 aromatic rings. The molecule has 0 saturated carbocycles. The summed E-state index contributed by atoms with van der Waals surface area (Å²) in [7, 11) is 1.54. The van der Waals surface area contributed by atoms with Crippen LogP contribution in [-0.4, -0.2) is 30.5 Å². The maximum absolute atomic E-state index is 13.8. The van der Waals surface area contributed by atoms with Crippen LogP contribution in [0, 0.1) is 5.82 Å².